The molecule has 0 bridgehead atoms. The van der Waals surface area contributed by atoms with E-state index in [2.05, 4.69) is 16.4 Å². The number of thiocarbonyl (C=S) groups is 1. The Morgan fingerprint density at radius 3 is 2.59 bits per heavy atom. The number of carbonyl (C=O) groups excluding carboxylic acids is 1. The van der Waals surface area contributed by atoms with E-state index in [1.807, 2.05) is 24.3 Å². The molecule has 2 fully saturated rings. The summed E-state index contributed by atoms with van der Waals surface area (Å²) in [6, 6.07) is 7.84. The number of nitrogens with zero attached hydrogens (tertiary/aromatic N) is 4. The van der Waals surface area contributed by atoms with Crippen LogP contribution in [0.4, 0.5) is 5.69 Å². The van der Waals surface area contributed by atoms with Crippen molar-refractivity contribution in [3.05, 3.63) is 57.7 Å². The van der Waals surface area contributed by atoms with Gasteiger partial charge in [-0.25, -0.2) is 0 Å². The monoisotopic (exact) mass is 470 g/mol. The molecule has 0 aliphatic carbocycles. The first-order valence-corrected chi connectivity index (χ1v) is 11.7. The Labute approximate surface area is 196 Å². The van der Waals surface area contributed by atoms with E-state index >= 15 is 0 Å². The molecule has 1 aromatic heterocycles. The summed E-state index contributed by atoms with van der Waals surface area (Å²) in [5, 5.41) is 10.2. The molecule has 1 aromatic carbocycles. The molecule has 0 atom stereocenters. The highest BCUT2D eigenvalue weighted by Gasteiger charge is 2.32. The van der Waals surface area contributed by atoms with E-state index in [4.69, 9.17) is 12.2 Å². The first kappa shape index (κ1) is 22.7. The normalized spacial score (nSPS) is 18.9. The molecule has 0 saturated carbocycles. The van der Waals surface area contributed by atoms with Crippen LogP contribution in [-0.2, 0) is 11.8 Å². The Morgan fingerprint density at radius 1 is 1.19 bits per heavy atom. The minimum Gasteiger partial charge on any atom is -0.395 e. The van der Waals surface area contributed by atoms with E-state index in [1.165, 1.54) is 16.7 Å². The third-order valence-electron chi connectivity index (χ3n) is 5.88. The summed E-state index contributed by atoms with van der Waals surface area (Å²) >= 11 is 6.58. The summed E-state index contributed by atoms with van der Waals surface area (Å²) in [5.41, 5.74) is 2.05. The fourth-order valence-electron chi connectivity index (χ4n) is 4.23. The average Bonchev–Trinajstić information content (AvgIpc) is 3.06. The van der Waals surface area contributed by atoms with Gasteiger partial charge in [0.05, 0.1) is 28.3 Å². The summed E-state index contributed by atoms with van der Waals surface area (Å²) in [6.45, 7) is 7.87. The molecule has 2 aliphatic heterocycles. The molecule has 0 unspecified atom stereocenters. The number of rotatable bonds is 6. The van der Waals surface area contributed by atoms with Crippen molar-refractivity contribution >= 4 is 56.9 Å². The molecule has 1 N–H and O–H groups in total. The summed E-state index contributed by atoms with van der Waals surface area (Å²) in [5.74, 6) is -0.200. The van der Waals surface area contributed by atoms with Gasteiger partial charge in [0.1, 0.15) is 4.32 Å². The lowest BCUT2D eigenvalue weighted by Crippen LogP contribution is -2.48. The number of carbonyl (C=O) groups is 1. The second-order valence-corrected chi connectivity index (χ2v) is 9.45. The van der Waals surface area contributed by atoms with Crippen molar-refractivity contribution in [2.45, 2.75) is 0 Å². The highest BCUT2D eigenvalue weighted by molar-refractivity contribution is 8.26. The minimum atomic E-state index is -0.200. The lowest BCUT2D eigenvalue weighted by atomic mass is 10.1. The van der Waals surface area contributed by atoms with Crippen LogP contribution in [0.25, 0.3) is 17.0 Å². The van der Waals surface area contributed by atoms with Crippen molar-refractivity contribution in [2.75, 3.05) is 50.8 Å². The van der Waals surface area contributed by atoms with Crippen LogP contribution in [-0.4, -0.2) is 75.6 Å². The zero-order valence-corrected chi connectivity index (χ0v) is 19.6. The van der Waals surface area contributed by atoms with Crippen LogP contribution in [0, 0.1) is 0 Å². The van der Waals surface area contributed by atoms with Gasteiger partial charge >= 0.3 is 0 Å². The van der Waals surface area contributed by atoms with Crippen molar-refractivity contribution in [2.24, 2.45) is 7.05 Å². The van der Waals surface area contributed by atoms with Crippen molar-refractivity contribution in [1.29, 1.82) is 0 Å². The maximum Gasteiger partial charge on any atom is 0.266 e. The van der Waals surface area contributed by atoms with Crippen molar-refractivity contribution in [3.63, 3.8) is 0 Å². The van der Waals surface area contributed by atoms with Crippen LogP contribution >= 0.6 is 24.0 Å². The number of β-amino-alcohol motifs (C(OH)–C–C–N with tert-alkyl or cyclic N) is 1. The molecule has 7 nitrogen and oxygen atoms in total. The maximum absolute atomic E-state index is 13.5. The number of thioether (sulfide) groups is 1. The fourth-order valence-corrected chi connectivity index (χ4v) is 5.48. The number of para-hydroxylation sites is 1. The van der Waals surface area contributed by atoms with E-state index in [0.29, 0.717) is 27.9 Å². The molecule has 0 radical (unpaired) electrons. The third kappa shape index (κ3) is 4.13. The number of anilines is 1. The van der Waals surface area contributed by atoms with Crippen molar-refractivity contribution in [3.8, 4) is 0 Å². The number of hydrogen-bond donors (Lipinski definition) is 1. The number of benzene rings is 1. The molecule has 3 heterocycles. The SMILES string of the molecule is C=CCN1C(=O)C(=Cc2c(N3CCN(CCO)CC3)c3ccccc3n(C)c2=O)SC1=S. The summed E-state index contributed by atoms with van der Waals surface area (Å²) in [7, 11) is 1.76. The third-order valence-corrected chi connectivity index (χ3v) is 7.25. The number of pyridine rings is 1. The molecular weight excluding hydrogens is 444 g/mol. The molecular formula is C23H26N4O3S2. The van der Waals surface area contributed by atoms with Crippen molar-refractivity contribution < 1.29 is 9.90 Å². The van der Waals surface area contributed by atoms with Gasteiger partial charge in [-0.3, -0.25) is 19.4 Å². The van der Waals surface area contributed by atoms with E-state index in [0.717, 1.165) is 42.8 Å². The number of hydrogen-bond acceptors (Lipinski definition) is 7. The summed E-state index contributed by atoms with van der Waals surface area (Å²) in [6.07, 6.45) is 3.34. The van der Waals surface area contributed by atoms with Gasteiger partial charge < -0.3 is 14.6 Å². The van der Waals surface area contributed by atoms with Gasteiger partial charge in [0, 0.05) is 51.7 Å². The zero-order valence-electron chi connectivity index (χ0n) is 18.0. The minimum absolute atomic E-state index is 0.132. The van der Waals surface area contributed by atoms with Gasteiger partial charge in [0.25, 0.3) is 11.5 Å². The summed E-state index contributed by atoms with van der Waals surface area (Å²) in [4.78, 5) is 32.8. The van der Waals surface area contributed by atoms with E-state index in [9.17, 15) is 14.7 Å². The van der Waals surface area contributed by atoms with Crippen LogP contribution in [0.5, 0.6) is 0 Å². The Kier molecular flexibility index (Phi) is 6.80. The predicted molar refractivity (Wildman–Crippen MR) is 135 cm³/mol. The van der Waals surface area contributed by atoms with Crippen LogP contribution in [0.1, 0.15) is 5.56 Å². The van der Waals surface area contributed by atoms with E-state index in [1.54, 1.807) is 23.8 Å². The van der Waals surface area contributed by atoms with E-state index in [-0.39, 0.29) is 18.1 Å². The quantitative estimate of drug-likeness (QED) is 0.394. The molecule has 32 heavy (non-hydrogen) atoms. The lowest BCUT2D eigenvalue weighted by molar-refractivity contribution is -0.121. The lowest BCUT2D eigenvalue weighted by Gasteiger charge is -2.37. The van der Waals surface area contributed by atoms with Crippen LogP contribution in [0.3, 0.4) is 0 Å². The first-order valence-electron chi connectivity index (χ1n) is 10.5. The van der Waals surface area contributed by atoms with Gasteiger partial charge in [0.15, 0.2) is 0 Å². The maximum atomic E-state index is 13.5. The van der Waals surface area contributed by atoms with Gasteiger partial charge in [0.2, 0.25) is 0 Å². The number of aryl methyl sites for hydroxylation is 1. The molecule has 2 aromatic rings. The average molecular weight is 471 g/mol. The van der Waals surface area contributed by atoms with E-state index < -0.39 is 0 Å². The Morgan fingerprint density at radius 2 is 1.91 bits per heavy atom. The number of aliphatic hydroxyl groups excluding tert-OH is 1. The summed E-state index contributed by atoms with van der Waals surface area (Å²) < 4.78 is 2.11. The smallest absolute Gasteiger partial charge is 0.266 e. The number of aliphatic hydroxyl groups is 1. The zero-order chi connectivity index (χ0) is 22.8. The van der Waals surface area contributed by atoms with Crippen molar-refractivity contribution in [1.82, 2.24) is 14.4 Å². The topological polar surface area (TPSA) is 69.0 Å². The highest BCUT2D eigenvalue weighted by atomic mass is 32.2. The fraction of sp³-hybridized carbons (Fsp3) is 0.348. The van der Waals surface area contributed by atoms with Crippen LogP contribution < -0.4 is 10.5 Å². The number of fused-ring (bicyclic) bond motifs is 1. The highest BCUT2D eigenvalue weighted by Crippen LogP contribution is 2.36. The van der Waals surface area contributed by atoms with Crippen LogP contribution in [0.2, 0.25) is 0 Å². The molecule has 2 aliphatic rings. The van der Waals surface area contributed by atoms with Gasteiger partial charge in [-0.1, -0.05) is 48.3 Å². The molecule has 4 rings (SSSR count). The molecule has 2 saturated heterocycles. The van der Waals surface area contributed by atoms with Gasteiger partial charge in [-0.15, -0.1) is 6.58 Å². The van der Waals surface area contributed by atoms with Gasteiger partial charge in [-0.05, 0) is 12.1 Å². The first-order chi connectivity index (χ1) is 15.5. The molecule has 0 spiro atoms. The standard InChI is InChI=1S/C23H26N4O3S2/c1-3-8-27-22(30)19(32-23(27)31)15-17-20(26-11-9-25(10-12-26)13-14-28)16-6-4-5-7-18(16)24(2)21(17)29/h3-7,15,28H,1,8-14H2,2H3. The van der Waals surface area contributed by atoms with Crippen LogP contribution in [0.15, 0.2) is 46.6 Å². The molecule has 9 heteroatoms. The number of amides is 1. The second-order valence-electron chi connectivity index (χ2n) is 7.78. The predicted octanol–water partition coefficient (Wildman–Crippen LogP) is 2.04. The number of aromatic nitrogens is 1. The number of piperazine rings is 1. The largest absolute Gasteiger partial charge is 0.395 e. The Balaban J connectivity index is 1.84. The molecule has 168 valence electrons. The van der Waals surface area contributed by atoms with Gasteiger partial charge in [-0.2, -0.15) is 0 Å². The second kappa shape index (κ2) is 9.58. The Bertz CT molecular complexity index is 1170. The molecule has 1 amide bonds. The Hall–Kier alpha value is -2.46.